The SMILES string of the molecule is COc1ccc(-n2cc(-c3ccc(Cl)cc3)nc2NC(=O)CN(CCN2CCOCC2)C(=O)c2ccccc2C)cc1OC. The van der Waals surface area contributed by atoms with Crippen LogP contribution >= 0.6 is 11.6 Å². The lowest BCUT2D eigenvalue weighted by Crippen LogP contribution is -2.45. The molecule has 0 spiro atoms. The Morgan fingerprint density at radius 3 is 2.43 bits per heavy atom. The summed E-state index contributed by atoms with van der Waals surface area (Å²) in [4.78, 5) is 35.9. The lowest BCUT2D eigenvalue weighted by atomic mass is 10.1. The van der Waals surface area contributed by atoms with Crippen molar-refractivity contribution in [3.8, 4) is 28.4 Å². The maximum atomic E-state index is 13.7. The van der Waals surface area contributed by atoms with Crippen LogP contribution in [0.1, 0.15) is 15.9 Å². The highest BCUT2D eigenvalue weighted by Crippen LogP contribution is 2.32. The minimum absolute atomic E-state index is 0.146. The number of nitrogens with one attached hydrogen (secondary N) is 1. The monoisotopic (exact) mass is 617 g/mol. The van der Waals surface area contributed by atoms with Crippen LogP contribution in [0.15, 0.2) is 72.9 Å². The van der Waals surface area contributed by atoms with Crippen LogP contribution in [0.25, 0.3) is 16.9 Å². The second-order valence-corrected chi connectivity index (χ2v) is 10.8. The molecule has 1 saturated heterocycles. The van der Waals surface area contributed by atoms with Crippen molar-refractivity contribution in [3.63, 3.8) is 0 Å². The molecule has 2 amide bonds. The second-order valence-electron chi connectivity index (χ2n) is 10.4. The summed E-state index contributed by atoms with van der Waals surface area (Å²) >= 11 is 6.12. The van der Waals surface area contributed by atoms with Gasteiger partial charge in [-0.15, -0.1) is 0 Å². The summed E-state index contributed by atoms with van der Waals surface area (Å²) in [6, 6.07) is 20.1. The van der Waals surface area contributed by atoms with Gasteiger partial charge in [0.1, 0.15) is 6.54 Å². The van der Waals surface area contributed by atoms with Crippen molar-refractivity contribution in [1.29, 1.82) is 0 Å². The first-order valence-corrected chi connectivity index (χ1v) is 14.8. The number of amides is 2. The third-order valence-electron chi connectivity index (χ3n) is 7.53. The molecule has 1 fully saturated rings. The average Bonchev–Trinajstić information content (AvgIpc) is 3.46. The number of carbonyl (C=O) groups is 2. The number of carbonyl (C=O) groups excluding carboxylic acids is 2. The van der Waals surface area contributed by atoms with Crippen LogP contribution < -0.4 is 14.8 Å². The number of ether oxygens (including phenoxy) is 3. The third-order valence-corrected chi connectivity index (χ3v) is 7.78. The van der Waals surface area contributed by atoms with Gasteiger partial charge in [-0.25, -0.2) is 4.98 Å². The Kier molecular flexibility index (Phi) is 10.2. The summed E-state index contributed by atoms with van der Waals surface area (Å²) in [6.07, 6.45) is 1.83. The molecule has 11 heteroatoms. The third kappa shape index (κ3) is 7.39. The van der Waals surface area contributed by atoms with E-state index in [-0.39, 0.29) is 18.4 Å². The van der Waals surface area contributed by atoms with Crippen LogP contribution in [0.4, 0.5) is 5.95 Å². The lowest BCUT2D eigenvalue weighted by Gasteiger charge is -2.30. The molecule has 3 aromatic carbocycles. The maximum absolute atomic E-state index is 13.7. The van der Waals surface area contributed by atoms with Gasteiger partial charge in [0, 0.05) is 54.6 Å². The predicted molar refractivity (Wildman–Crippen MR) is 170 cm³/mol. The number of anilines is 1. The van der Waals surface area contributed by atoms with Crippen LogP contribution in [0.5, 0.6) is 11.5 Å². The minimum atomic E-state index is -0.371. The number of benzene rings is 3. The number of rotatable bonds is 11. The van der Waals surface area contributed by atoms with Gasteiger partial charge in [0.05, 0.1) is 38.8 Å². The fourth-order valence-electron chi connectivity index (χ4n) is 5.06. The van der Waals surface area contributed by atoms with Crippen molar-refractivity contribution in [2.75, 3.05) is 65.5 Å². The topological polar surface area (TPSA) is 98.2 Å². The molecule has 1 aromatic heterocycles. The van der Waals surface area contributed by atoms with E-state index in [0.717, 1.165) is 24.2 Å². The van der Waals surface area contributed by atoms with Gasteiger partial charge < -0.3 is 19.1 Å². The predicted octanol–water partition coefficient (Wildman–Crippen LogP) is 4.93. The van der Waals surface area contributed by atoms with E-state index in [1.807, 2.05) is 49.5 Å². The Balaban J connectivity index is 1.43. The Hall–Kier alpha value is -4.38. The summed E-state index contributed by atoms with van der Waals surface area (Å²) in [5, 5.41) is 3.56. The summed E-state index contributed by atoms with van der Waals surface area (Å²) in [5.41, 5.74) is 3.58. The zero-order valence-electron chi connectivity index (χ0n) is 25.1. The number of aromatic nitrogens is 2. The van der Waals surface area contributed by atoms with E-state index in [1.165, 1.54) is 0 Å². The average molecular weight is 618 g/mol. The van der Waals surface area contributed by atoms with Crippen molar-refractivity contribution in [1.82, 2.24) is 19.4 Å². The number of hydrogen-bond donors (Lipinski definition) is 1. The number of hydrogen-bond acceptors (Lipinski definition) is 7. The standard InChI is InChI=1S/C33H36ClN5O5/c1-23-6-4-5-7-27(23)32(41)38(15-14-37-16-18-44-19-17-37)22-31(40)36-33-35-28(24-8-10-25(34)11-9-24)21-39(33)26-12-13-29(42-2)30(20-26)43-3/h4-13,20-21H,14-19,22H2,1-3H3,(H,35,36,40). The van der Waals surface area contributed by atoms with E-state index in [4.69, 9.17) is 30.8 Å². The van der Waals surface area contributed by atoms with Gasteiger partial charge in [-0.3, -0.25) is 24.4 Å². The molecule has 1 aliphatic heterocycles. The number of morpholine rings is 1. The van der Waals surface area contributed by atoms with Crippen molar-refractivity contribution < 1.29 is 23.8 Å². The molecular formula is C33H36ClN5O5. The zero-order valence-corrected chi connectivity index (χ0v) is 25.8. The number of imidazole rings is 1. The molecular weight excluding hydrogens is 582 g/mol. The second kappa shape index (κ2) is 14.4. The normalized spacial score (nSPS) is 13.4. The summed E-state index contributed by atoms with van der Waals surface area (Å²) < 4.78 is 18.2. The number of aryl methyl sites for hydroxylation is 1. The van der Waals surface area contributed by atoms with Crippen molar-refractivity contribution >= 4 is 29.4 Å². The smallest absolute Gasteiger partial charge is 0.254 e. The maximum Gasteiger partial charge on any atom is 0.254 e. The van der Waals surface area contributed by atoms with Gasteiger partial charge in [0.2, 0.25) is 11.9 Å². The first-order chi connectivity index (χ1) is 21.4. The minimum Gasteiger partial charge on any atom is -0.493 e. The van der Waals surface area contributed by atoms with E-state index in [0.29, 0.717) is 65.7 Å². The molecule has 2 heterocycles. The molecule has 0 atom stereocenters. The van der Waals surface area contributed by atoms with E-state index in [2.05, 4.69) is 10.2 Å². The number of methoxy groups -OCH3 is 2. The Morgan fingerprint density at radius 1 is 1.00 bits per heavy atom. The van der Waals surface area contributed by atoms with E-state index in [9.17, 15) is 9.59 Å². The lowest BCUT2D eigenvalue weighted by molar-refractivity contribution is -0.117. The summed E-state index contributed by atoms with van der Waals surface area (Å²) in [6.45, 7) is 5.65. The highest BCUT2D eigenvalue weighted by atomic mass is 35.5. The molecule has 4 aromatic rings. The largest absolute Gasteiger partial charge is 0.493 e. The molecule has 5 rings (SSSR count). The molecule has 0 aliphatic carbocycles. The quantitative estimate of drug-likeness (QED) is 0.255. The Morgan fingerprint density at radius 2 is 1.73 bits per heavy atom. The van der Waals surface area contributed by atoms with Gasteiger partial charge in [-0.1, -0.05) is 41.9 Å². The van der Waals surface area contributed by atoms with E-state index in [1.54, 1.807) is 54.0 Å². The van der Waals surface area contributed by atoms with Gasteiger partial charge in [0.15, 0.2) is 11.5 Å². The van der Waals surface area contributed by atoms with Crippen molar-refractivity contribution in [3.05, 3.63) is 89.1 Å². The van der Waals surface area contributed by atoms with Crippen LogP contribution in [0, 0.1) is 6.92 Å². The zero-order chi connectivity index (χ0) is 31.1. The van der Waals surface area contributed by atoms with Crippen LogP contribution in [0.2, 0.25) is 5.02 Å². The highest BCUT2D eigenvalue weighted by molar-refractivity contribution is 6.30. The molecule has 0 radical (unpaired) electrons. The molecule has 230 valence electrons. The van der Waals surface area contributed by atoms with Gasteiger partial charge in [0.25, 0.3) is 5.91 Å². The molecule has 0 unspecified atom stereocenters. The van der Waals surface area contributed by atoms with Crippen LogP contribution in [-0.2, 0) is 9.53 Å². The van der Waals surface area contributed by atoms with Gasteiger partial charge in [-0.05, 0) is 42.8 Å². The van der Waals surface area contributed by atoms with Crippen LogP contribution in [0.3, 0.4) is 0 Å². The Bertz CT molecular complexity index is 1600. The molecule has 44 heavy (non-hydrogen) atoms. The first-order valence-electron chi connectivity index (χ1n) is 14.4. The highest BCUT2D eigenvalue weighted by Gasteiger charge is 2.23. The molecule has 1 N–H and O–H groups in total. The molecule has 1 aliphatic rings. The van der Waals surface area contributed by atoms with E-state index >= 15 is 0 Å². The fraction of sp³-hybridized carbons (Fsp3) is 0.303. The number of nitrogens with zero attached hydrogens (tertiary/aromatic N) is 4. The van der Waals surface area contributed by atoms with Crippen molar-refractivity contribution in [2.45, 2.75) is 6.92 Å². The van der Waals surface area contributed by atoms with Crippen LogP contribution in [-0.4, -0.2) is 91.3 Å². The molecule has 0 bridgehead atoms. The molecule has 10 nitrogen and oxygen atoms in total. The van der Waals surface area contributed by atoms with Crippen molar-refractivity contribution in [2.24, 2.45) is 0 Å². The summed E-state index contributed by atoms with van der Waals surface area (Å²) in [7, 11) is 3.14. The molecule has 0 saturated carbocycles. The summed E-state index contributed by atoms with van der Waals surface area (Å²) in [5.74, 6) is 0.830. The van der Waals surface area contributed by atoms with E-state index < -0.39 is 0 Å². The fourth-order valence-corrected chi connectivity index (χ4v) is 5.19. The first kappa shape index (κ1) is 31.1. The number of halogens is 1. The van der Waals surface area contributed by atoms with Gasteiger partial charge in [-0.2, -0.15) is 0 Å². The van der Waals surface area contributed by atoms with Gasteiger partial charge >= 0.3 is 0 Å². The Labute approximate surface area is 262 Å².